The van der Waals surface area contributed by atoms with Gasteiger partial charge in [-0.05, 0) is 31.6 Å². The lowest BCUT2D eigenvalue weighted by molar-refractivity contribution is -0.161. The van der Waals surface area contributed by atoms with E-state index in [9.17, 15) is 43.2 Å². The van der Waals surface area contributed by atoms with E-state index in [4.69, 9.17) is 37.0 Å². The number of aliphatic hydroxyl groups excluding tert-OH is 1. The summed E-state index contributed by atoms with van der Waals surface area (Å²) in [6.07, 6.45) is 36.3. The Bertz CT molecular complexity index is 1550. The maximum Gasteiger partial charge on any atom is 0.472 e. The van der Waals surface area contributed by atoms with Gasteiger partial charge in [-0.2, -0.15) is 0 Å². The molecule has 19 heteroatoms. The number of phosphoric ester groups is 2. The normalized spacial score (nSPS) is 14.3. The Morgan fingerprint density at radius 3 is 0.861 bits per heavy atom. The number of unbranched alkanes of at least 4 members (excludes halogenated alkanes) is 32. The first kappa shape index (κ1) is 77.1. The molecule has 0 bridgehead atoms. The van der Waals surface area contributed by atoms with Gasteiger partial charge in [-0.3, -0.25) is 37.3 Å². The van der Waals surface area contributed by atoms with E-state index in [1.807, 2.05) is 0 Å². The van der Waals surface area contributed by atoms with E-state index in [-0.39, 0.29) is 25.7 Å². The summed E-state index contributed by atoms with van der Waals surface area (Å²) in [5.74, 6) is -1.43. The predicted molar refractivity (Wildman–Crippen MR) is 312 cm³/mol. The quantitative estimate of drug-likeness (QED) is 0.0222. The molecule has 0 rings (SSSR count). The number of esters is 4. The first-order valence-electron chi connectivity index (χ1n) is 31.6. The number of hydrogen-bond acceptors (Lipinski definition) is 15. The van der Waals surface area contributed by atoms with Crippen molar-refractivity contribution in [2.75, 3.05) is 39.6 Å². The lowest BCUT2D eigenvalue weighted by Crippen LogP contribution is -2.30. The zero-order chi connectivity index (χ0) is 58.5. The Kier molecular flexibility index (Phi) is 52.7. The number of rotatable bonds is 60. The monoisotopic (exact) mass is 1170 g/mol. The van der Waals surface area contributed by atoms with E-state index < -0.39 is 97.5 Å². The van der Waals surface area contributed by atoms with E-state index in [0.717, 1.165) is 109 Å². The van der Waals surface area contributed by atoms with E-state index in [0.29, 0.717) is 25.7 Å². The average Bonchev–Trinajstić information content (AvgIpc) is 3.41. The molecule has 0 aromatic rings. The van der Waals surface area contributed by atoms with E-state index >= 15 is 0 Å². The van der Waals surface area contributed by atoms with Gasteiger partial charge in [0, 0.05) is 25.7 Å². The highest BCUT2D eigenvalue weighted by Crippen LogP contribution is 2.45. The van der Waals surface area contributed by atoms with E-state index in [2.05, 4.69) is 34.6 Å². The van der Waals surface area contributed by atoms with Crippen molar-refractivity contribution in [1.29, 1.82) is 0 Å². The number of carbonyl (C=O) groups excluding carboxylic acids is 4. The molecule has 0 aliphatic heterocycles. The van der Waals surface area contributed by atoms with Gasteiger partial charge in [0.25, 0.3) is 0 Å². The molecular weight excluding hydrogens is 1050 g/mol. The predicted octanol–water partition coefficient (Wildman–Crippen LogP) is 16.2. The topological polar surface area (TPSA) is 237 Å². The van der Waals surface area contributed by atoms with Crippen molar-refractivity contribution in [3.63, 3.8) is 0 Å². The molecule has 468 valence electrons. The summed E-state index contributed by atoms with van der Waals surface area (Å²) >= 11 is 0. The Morgan fingerprint density at radius 2 is 0.582 bits per heavy atom. The van der Waals surface area contributed by atoms with E-state index in [1.54, 1.807) is 0 Å². The molecule has 0 heterocycles. The SMILES string of the molecule is CCCCCCCCCCCCCC(=O)OC[C@H](COP(=O)(O)OC[C@@H](O)COP(=O)(O)OC[C@@H](COC(=O)CCCCCCCCC)OC(=O)CCCCCCCCCCCC)OC(=O)CCCCCCCCCCC(C)C. The minimum atomic E-state index is -4.94. The number of phosphoric acid groups is 2. The van der Waals surface area contributed by atoms with Gasteiger partial charge in [-0.15, -0.1) is 0 Å². The lowest BCUT2D eigenvalue weighted by Gasteiger charge is -2.21. The summed E-state index contributed by atoms with van der Waals surface area (Å²) in [5, 5.41) is 10.5. The summed E-state index contributed by atoms with van der Waals surface area (Å²) in [6, 6.07) is 0. The third kappa shape index (κ3) is 55.0. The highest BCUT2D eigenvalue weighted by atomic mass is 31.2. The van der Waals surface area contributed by atoms with Crippen LogP contribution in [0.1, 0.15) is 298 Å². The van der Waals surface area contributed by atoms with Gasteiger partial charge in [-0.1, -0.05) is 247 Å². The Morgan fingerprint density at radius 1 is 0.342 bits per heavy atom. The molecule has 2 unspecified atom stereocenters. The molecule has 0 fully saturated rings. The number of ether oxygens (including phenoxy) is 4. The van der Waals surface area contributed by atoms with Gasteiger partial charge in [-0.25, -0.2) is 9.13 Å². The fraction of sp³-hybridized carbons (Fsp3) is 0.933. The zero-order valence-corrected chi connectivity index (χ0v) is 52.3. The summed E-state index contributed by atoms with van der Waals surface area (Å²) in [4.78, 5) is 71.9. The van der Waals surface area contributed by atoms with Crippen molar-refractivity contribution < 1.29 is 80.2 Å². The highest BCUT2D eigenvalue weighted by Gasteiger charge is 2.30. The molecule has 5 atom stereocenters. The Hall–Kier alpha value is -1.94. The van der Waals surface area contributed by atoms with Crippen LogP contribution < -0.4 is 0 Å². The van der Waals surface area contributed by atoms with Crippen molar-refractivity contribution in [1.82, 2.24) is 0 Å². The van der Waals surface area contributed by atoms with Gasteiger partial charge in [0.2, 0.25) is 0 Å². The lowest BCUT2D eigenvalue weighted by atomic mass is 10.0. The summed E-state index contributed by atoms with van der Waals surface area (Å²) in [5.41, 5.74) is 0. The maximum atomic E-state index is 12.9. The third-order valence-corrected chi connectivity index (χ3v) is 15.7. The average molecular weight is 1170 g/mol. The van der Waals surface area contributed by atoms with E-state index in [1.165, 1.54) is 109 Å². The van der Waals surface area contributed by atoms with Crippen LogP contribution in [0, 0.1) is 5.92 Å². The standard InChI is InChI=1S/C60H116O17P2/c1-6-9-12-15-18-20-22-24-29-34-39-44-58(63)71-50-56(77-60(65)46-41-36-31-26-25-28-32-37-42-53(4)5)52-75-79(68,69)73-48-54(61)47-72-78(66,67)74-51-55(49-70-57(62)43-38-33-27-17-14-11-8-3)76-59(64)45-40-35-30-23-21-19-16-13-10-7-2/h53-56,61H,6-52H2,1-5H3,(H,66,67)(H,68,69)/t54-,55+,56+/m0/s1. The third-order valence-electron chi connectivity index (χ3n) is 13.8. The summed E-state index contributed by atoms with van der Waals surface area (Å²) in [6.45, 7) is 7.07. The fourth-order valence-electron chi connectivity index (χ4n) is 8.88. The molecule has 0 aromatic carbocycles. The Balaban J connectivity index is 5.21. The minimum absolute atomic E-state index is 0.105. The number of aliphatic hydroxyl groups is 1. The molecule has 0 aromatic heterocycles. The molecule has 0 radical (unpaired) electrons. The van der Waals surface area contributed by atoms with Gasteiger partial charge < -0.3 is 33.8 Å². The molecule has 0 aliphatic rings. The second-order valence-corrected chi connectivity index (χ2v) is 25.1. The van der Waals surface area contributed by atoms with Crippen LogP contribution in [0.2, 0.25) is 0 Å². The van der Waals surface area contributed by atoms with Crippen LogP contribution in [0.5, 0.6) is 0 Å². The van der Waals surface area contributed by atoms with Gasteiger partial charge in [0.15, 0.2) is 12.2 Å². The van der Waals surface area contributed by atoms with Gasteiger partial charge in [0.1, 0.15) is 19.3 Å². The first-order valence-corrected chi connectivity index (χ1v) is 34.6. The van der Waals surface area contributed by atoms with Crippen LogP contribution in [-0.2, 0) is 65.4 Å². The smallest absolute Gasteiger partial charge is 0.462 e. The van der Waals surface area contributed by atoms with Crippen molar-refractivity contribution >= 4 is 39.5 Å². The first-order chi connectivity index (χ1) is 38.0. The highest BCUT2D eigenvalue weighted by molar-refractivity contribution is 7.47. The van der Waals surface area contributed by atoms with Crippen LogP contribution in [0.15, 0.2) is 0 Å². The molecule has 17 nitrogen and oxygen atoms in total. The Labute approximate surface area is 479 Å². The molecule has 0 amide bonds. The second kappa shape index (κ2) is 54.0. The van der Waals surface area contributed by atoms with Crippen molar-refractivity contribution in [2.45, 2.75) is 316 Å². The molecule has 3 N–H and O–H groups in total. The van der Waals surface area contributed by atoms with Crippen LogP contribution in [0.4, 0.5) is 0 Å². The molecule has 0 spiro atoms. The van der Waals surface area contributed by atoms with Crippen molar-refractivity contribution in [3.8, 4) is 0 Å². The van der Waals surface area contributed by atoms with Crippen LogP contribution in [0.3, 0.4) is 0 Å². The minimum Gasteiger partial charge on any atom is -0.462 e. The summed E-state index contributed by atoms with van der Waals surface area (Å²) < 4.78 is 67.7. The maximum absolute atomic E-state index is 12.9. The van der Waals surface area contributed by atoms with Gasteiger partial charge in [0.05, 0.1) is 26.4 Å². The van der Waals surface area contributed by atoms with Gasteiger partial charge >= 0.3 is 39.5 Å². The zero-order valence-electron chi connectivity index (χ0n) is 50.5. The second-order valence-electron chi connectivity index (χ2n) is 22.2. The van der Waals surface area contributed by atoms with Crippen LogP contribution >= 0.6 is 15.6 Å². The number of carbonyl (C=O) groups is 4. The molecular formula is C60H116O17P2. The van der Waals surface area contributed by atoms with Crippen molar-refractivity contribution in [3.05, 3.63) is 0 Å². The molecule has 0 saturated carbocycles. The van der Waals surface area contributed by atoms with Crippen molar-refractivity contribution in [2.24, 2.45) is 5.92 Å². The number of hydrogen-bond donors (Lipinski definition) is 3. The molecule has 0 aliphatic carbocycles. The van der Waals surface area contributed by atoms with Crippen LogP contribution in [-0.4, -0.2) is 96.7 Å². The van der Waals surface area contributed by atoms with Crippen LogP contribution in [0.25, 0.3) is 0 Å². The molecule has 0 saturated heterocycles. The largest absolute Gasteiger partial charge is 0.472 e. The molecule has 79 heavy (non-hydrogen) atoms. The summed E-state index contributed by atoms with van der Waals surface area (Å²) in [7, 11) is -9.87. The fourth-order valence-corrected chi connectivity index (χ4v) is 10.5.